The van der Waals surface area contributed by atoms with E-state index in [9.17, 15) is 9.90 Å². The first-order chi connectivity index (χ1) is 13.6. The molecule has 1 aliphatic heterocycles. The van der Waals surface area contributed by atoms with E-state index in [4.69, 9.17) is 9.84 Å². The van der Waals surface area contributed by atoms with Crippen LogP contribution in [0.1, 0.15) is 12.0 Å². The van der Waals surface area contributed by atoms with Crippen LogP contribution in [0.2, 0.25) is 0 Å². The lowest BCUT2D eigenvalue weighted by molar-refractivity contribution is -0.141. The number of hydrogen-bond acceptors (Lipinski definition) is 4. The number of methoxy groups -OCH3 is 1. The van der Waals surface area contributed by atoms with E-state index in [1.807, 2.05) is 65.5 Å². The van der Waals surface area contributed by atoms with Crippen molar-refractivity contribution < 1.29 is 14.6 Å². The highest BCUT2D eigenvalue weighted by atomic mass is 16.5. The molecule has 1 N–H and O–H groups in total. The first kappa shape index (κ1) is 18.3. The largest absolute Gasteiger partial charge is 0.497 e. The number of aromatic nitrogens is 2. The molecule has 0 aliphatic carbocycles. The van der Waals surface area contributed by atoms with E-state index >= 15 is 0 Å². The van der Waals surface area contributed by atoms with Gasteiger partial charge in [0.2, 0.25) is 0 Å². The van der Waals surface area contributed by atoms with Gasteiger partial charge in [-0.1, -0.05) is 18.2 Å². The van der Waals surface area contributed by atoms with Gasteiger partial charge in [0, 0.05) is 30.4 Å². The Labute approximate surface area is 164 Å². The lowest BCUT2D eigenvalue weighted by Crippen LogP contribution is -2.22. The molecule has 0 radical (unpaired) electrons. The summed E-state index contributed by atoms with van der Waals surface area (Å²) in [5, 5.41) is 14.1. The van der Waals surface area contributed by atoms with Crippen LogP contribution in [0.15, 0.2) is 60.8 Å². The number of ether oxygens (including phenoxy) is 1. The lowest BCUT2D eigenvalue weighted by Gasteiger charge is -2.15. The Morgan fingerprint density at radius 1 is 1.18 bits per heavy atom. The molecule has 28 heavy (non-hydrogen) atoms. The molecule has 0 spiro atoms. The third kappa shape index (κ3) is 3.77. The van der Waals surface area contributed by atoms with Gasteiger partial charge in [0.25, 0.3) is 0 Å². The van der Waals surface area contributed by atoms with Crippen molar-refractivity contribution in [1.82, 2.24) is 14.7 Å². The molecule has 3 aromatic rings. The third-order valence-electron chi connectivity index (χ3n) is 5.19. The number of likely N-dealkylation sites (tertiary alicyclic amines) is 1. The van der Waals surface area contributed by atoms with Crippen molar-refractivity contribution in [2.75, 3.05) is 20.2 Å². The molecular weight excluding hydrogens is 354 g/mol. The molecule has 1 saturated heterocycles. The molecule has 2 heterocycles. The predicted molar refractivity (Wildman–Crippen MR) is 107 cm³/mol. The van der Waals surface area contributed by atoms with Crippen LogP contribution in [0.3, 0.4) is 0 Å². The van der Waals surface area contributed by atoms with Crippen molar-refractivity contribution >= 4 is 5.97 Å². The summed E-state index contributed by atoms with van der Waals surface area (Å²) in [6.07, 6.45) is 2.74. The van der Waals surface area contributed by atoms with E-state index < -0.39 is 5.97 Å². The molecule has 0 bridgehead atoms. The highest BCUT2D eigenvalue weighted by molar-refractivity contribution is 5.70. The molecule has 1 unspecified atom stereocenters. The maximum atomic E-state index is 11.3. The second-order valence-electron chi connectivity index (χ2n) is 7.07. The van der Waals surface area contributed by atoms with E-state index in [-0.39, 0.29) is 5.92 Å². The standard InChI is InChI=1S/C22H23N3O3/c1-28-20-9-7-16(8-10-20)21-18(14-24-12-11-17(13-24)22(26)27)15-25(23-21)19-5-3-2-4-6-19/h2-10,15,17H,11-14H2,1H3,(H,26,27). The Kier molecular flexibility index (Phi) is 5.12. The molecule has 1 aromatic heterocycles. The number of rotatable bonds is 6. The number of carboxylic acids is 1. The first-order valence-corrected chi connectivity index (χ1v) is 9.37. The zero-order chi connectivity index (χ0) is 19.5. The molecule has 6 nitrogen and oxygen atoms in total. The van der Waals surface area contributed by atoms with Gasteiger partial charge in [-0.15, -0.1) is 0 Å². The summed E-state index contributed by atoms with van der Waals surface area (Å²) < 4.78 is 7.15. The van der Waals surface area contributed by atoms with Gasteiger partial charge in [0.15, 0.2) is 0 Å². The summed E-state index contributed by atoms with van der Waals surface area (Å²) in [6, 6.07) is 17.9. The second-order valence-corrected chi connectivity index (χ2v) is 7.07. The zero-order valence-electron chi connectivity index (χ0n) is 15.8. The van der Waals surface area contributed by atoms with E-state index in [0.29, 0.717) is 19.5 Å². The van der Waals surface area contributed by atoms with Crippen molar-refractivity contribution in [1.29, 1.82) is 0 Å². The fourth-order valence-corrected chi connectivity index (χ4v) is 3.65. The number of benzene rings is 2. The first-order valence-electron chi connectivity index (χ1n) is 9.37. The number of hydrogen-bond donors (Lipinski definition) is 1. The Morgan fingerprint density at radius 3 is 2.57 bits per heavy atom. The van der Waals surface area contributed by atoms with Crippen molar-refractivity contribution in [3.05, 3.63) is 66.4 Å². The number of carbonyl (C=O) groups is 1. The molecule has 0 amide bonds. The smallest absolute Gasteiger partial charge is 0.307 e. The normalized spacial score (nSPS) is 17.0. The van der Waals surface area contributed by atoms with Crippen LogP contribution in [-0.2, 0) is 11.3 Å². The number of aliphatic carboxylic acids is 1. The minimum absolute atomic E-state index is 0.284. The average Bonchev–Trinajstić information content (AvgIpc) is 3.37. The summed E-state index contributed by atoms with van der Waals surface area (Å²) in [5.41, 5.74) is 4.00. The van der Waals surface area contributed by atoms with Crippen LogP contribution in [0.4, 0.5) is 0 Å². The third-order valence-corrected chi connectivity index (χ3v) is 5.19. The molecule has 6 heteroatoms. The quantitative estimate of drug-likeness (QED) is 0.713. The fourth-order valence-electron chi connectivity index (χ4n) is 3.65. The number of para-hydroxylation sites is 1. The van der Waals surface area contributed by atoms with Crippen molar-refractivity contribution in [2.24, 2.45) is 5.92 Å². The van der Waals surface area contributed by atoms with Gasteiger partial charge in [0.05, 0.1) is 24.4 Å². The molecule has 1 atom stereocenters. The van der Waals surface area contributed by atoms with Crippen molar-refractivity contribution in [3.8, 4) is 22.7 Å². The Bertz CT molecular complexity index is 951. The van der Waals surface area contributed by atoms with Crippen LogP contribution >= 0.6 is 0 Å². The van der Waals surface area contributed by atoms with Crippen LogP contribution < -0.4 is 4.74 Å². The number of carboxylic acid groups (broad SMARTS) is 1. The molecule has 144 valence electrons. The predicted octanol–water partition coefficient (Wildman–Crippen LogP) is 3.45. The van der Waals surface area contributed by atoms with Crippen LogP contribution in [0.25, 0.3) is 16.9 Å². The highest BCUT2D eigenvalue weighted by Gasteiger charge is 2.28. The number of nitrogens with zero attached hydrogens (tertiary/aromatic N) is 3. The molecule has 4 rings (SSSR count). The topological polar surface area (TPSA) is 67.6 Å². The molecule has 1 fully saturated rings. The molecule has 1 aliphatic rings. The summed E-state index contributed by atoms with van der Waals surface area (Å²) in [7, 11) is 1.65. The van der Waals surface area contributed by atoms with Crippen molar-refractivity contribution in [2.45, 2.75) is 13.0 Å². The van der Waals surface area contributed by atoms with Gasteiger partial charge in [0.1, 0.15) is 5.75 Å². The van der Waals surface area contributed by atoms with Crippen molar-refractivity contribution in [3.63, 3.8) is 0 Å². The van der Waals surface area contributed by atoms with Gasteiger partial charge in [-0.3, -0.25) is 9.69 Å². The highest BCUT2D eigenvalue weighted by Crippen LogP contribution is 2.28. The van der Waals surface area contributed by atoms with Gasteiger partial charge < -0.3 is 9.84 Å². The molecular formula is C22H23N3O3. The SMILES string of the molecule is COc1ccc(-c2nn(-c3ccccc3)cc2CN2CCC(C(=O)O)C2)cc1. The minimum Gasteiger partial charge on any atom is -0.497 e. The van der Waals surface area contributed by atoms with Gasteiger partial charge >= 0.3 is 5.97 Å². The van der Waals surface area contributed by atoms with E-state index in [1.54, 1.807) is 7.11 Å². The zero-order valence-corrected chi connectivity index (χ0v) is 15.8. The van der Waals surface area contributed by atoms with Gasteiger partial charge in [-0.25, -0.2) is 4.68 Å². The second kappa shape index (κ2) is 7.86. The summed E-state index contributed by atoms with van der Waals surface area (Å²) in [6.45, 7) is 2.04. The van der Waals surface area contributed by atoms with E-state index in [2.05, 4.69) is 4.90 Å². The van der Waals surface area contributed by atoms with E-state index in [0.717, 1.165) is 34.8 Å². The van der Waals surface area contributed by atoms with Crippen LogP contribution in [0, 0.1) is 5.92 Å². The maximum Gasteiger partial charge on any atom is 0.307 e. The van der Waals surface area contributed by atoms with Crippen LogP contribution in [-0.4, -0.2) is 46.0 Å². The maximum absolute atomic E-state index is 11.3. The lowest BCUT2D eigenvalue weighted by atomic mass is 10.1. The van der Waals surface area contributed by atoms with Crippen LogP contribution in [0.5, 0.6) is 5.75 Å². The summed E-state index contributed by atoms with van der Waals surface area (Å²) in [5.74, 6) is -0.192. The summed E-state index contributed by atoms with van der Waals surface area (Å²) >= 11 is 0. The van der Waals surface area contributed by atoms with E-state index in [1.165, 1.54) is 0 Å². The Morgan fingerprint density at radius 2 is 1.93 bits per heavy atom. The summed E-state index contributed by atoms with van der Waals surface area (Å²) in [4.78, 5) is 13.5. The minimum atomic E-state index is -0.710. The Hall–Kier alpha value is -3.12. The van der Waals surface area contributed by atoms with Gasteiger partial charge in [-0.2, -0.15) is 5.10 Å². The molecule has 2 aromatic carbocycles. The molecule has 0 saturated carbocycles. The van der Waals surface area contributed by atoms with Gasteiger partial charge in [-0.05, 0) is 49.4 Å². The fraction of sp³-hybridized carbons (Fsp3) is 0.273. The Balaban J connectivity index is 1.66. The average molecular weight is 377 g/mol. The monoisotopic (exact) mass is 377 g/mol.